The van der Waals surface area contributed by atoms with Gasteiger partial charge < -0.3 is 14.4 Å². The van der Waals surface area contributed by atoms with Crippen LogP contribution in [0.25, 0.3) is 11.4 Å². The number of halogens is 4. The van der Waals surface area contributed by atoms with Crippen molar-refractivity contribution < 1.29 is 36.0 Å². The van der Waals surface area contributed by atoms with Gasteiger partial charge in [0.1, 0.15) is 11.8 Å². The van der Waals surface area contributed by atoms with E-state index < -0.39 is 34.8 Å². The molecule has 0 amide bonds. The fourth-order valence-electron chi connectivity index (χ4n) is 2.35. The van der Waals surface area contributed by atoms with E-state index in [0.29, 0.717) is 0 Å². The minimum Gasteiger partial charge on any atom is -0.406 e. The van der Waals surface area contributed by atoms with Crippen LogP contribution in [0.15, 0.2) is 57.9 Å². The van der Waals surface area contributed by atoms with Crippen LogP contribution in [0.5, 0.6) is 5.75 Å². The first-order valence-electron chi connectivity index (χ1n) is 8.16. The van der Waals surface area contributed by atoms with Gasteiger partial charge in [0, 0.05) is 10.6 Å². The molecule has 1 aromatic heterocycles. The first-order chi connectivity index (χ1) is 14.1. The third-order valence-corrected chi connectivity index (χ3v) is 5.38. The van der Waals surface area contributed by atoms with Crippen molar-refractivity contribution >= 4 is 21.6 Å². The topological polar surface area (TPSA) is 115 Å². The summed E-state index contributed by atoms with van der Waals surface area (Å²) in [4.78, 5) is 3.87. The highest BCUT2D eigenvalue weighted by Crippen LogP contribution is 2.26. The number of aliphatic hydroxyl groups is 1. The van der Waals surface area contributed by atoms with Crippen molar-refractivity contribution in [2.45, 2.75) is 17.3 Å². The Morgan fingerprint density at radius 2 is 1.90 bits per heavy atom. The summed E-state index contributed by atoms with van der Waals surface area (Å²) >= 11 is 5.80. The molecule has 1 atom stereocenters. The van der Waals surface area contributed by atoms with Crippen LogP contribution in [0, 0.1) is 0 Å². The van der Waals surface area contributed by atoms with Gasteiger partial charge in [-0.1, -0.05) is 22.8 Å². The molecule has 1 heterocycles. The number of nitrogens with one attached hydrogen (secondary N) is 1. The summed E-state index contributed by atoms with van der Waals surface area (Å²) in [5.74, 6) is -0.699. The van der Waals surface area contributed by atoms with Crippen molar-refractivity contribution in [1.29, 1.82) is 0 Å². The summed E-state index contributed by atoms with van der Waals surface area (Å²) in [6, 6.07) is 8.87. The van der Waals surface area contributed by atoms with Crippen molar-refractivity contribution in [1.82, 2.24) is 14.9 Å². The van der Waals surface area contributed by atoms with Gasteiger partial charge in [0.25, 0.3) is 0 Å². The standard InChI is InChI=1S/C17H13ClF3N3O5S/c18-11-2-1-3-13(8-11)30(26,27)24-14(9-25)16-22-15(23-29-16)10-4-6-12(7-5-10)28-17(19,20)21/h1-8,14,24-25H,9H2/t14-/m0/s1. The lowest BCUT2D eigenvalue weighted by Gasteiger charge is -2.12. The molecule has 3 rings (SSSR count). The molecule has 0 radical (unpaired) electrons. The van der Waals surface area contributed by atoms with Crippen molar-refractivity contribution in [3.8, 4) is 17.1 Å². The second kappa shape index (κ2) is 8.60. The van der Waals surface area contributed by atoms with Gasteiger partial charge in [-0.05, 0) is 42.5 Å². The Kier molecular flexibility index (Phi) is 6.31. The number of aliphatic hydroxyl groups excluding tert-OH is 1. The molecule has 0 saturated heterocycles. The predicted molar refractivity (Wildman–Crippen MR) is 98.0 cm³/mol. The molecule has 0 saturated carbocycles. The number of benzene rings is 2. The molecule has 0 bridgehead atoms. The molecule has 160 valence electrons. The van der Waals surface area contributed by atoms with Crippen molar-refractivity contribution in [2.75, 3.05) is 6.61 Å². The van der Waals surface area contributed by atoms with E-state index in [1.54, 1.807) is 0 Å². The SMILES string of the molecule is O=S(=O)(N[C@@H](CO)c1nc(-c2ccc(OC(F)(F)F)cc2)no1)c1cccc(Cl)c1. The van der Waals surface area contributed by atoms with Gasteiger partial charge in [0.15, 0.2) is 0 Å². The Bertz CT molecular complexity index is 1120. The van der Waals surface area contributed by atoms with Crippen LogP contribution >= 0.6 is 11.6 Å². The van der Waals surface area contributed by atoms with Crippen LogP contribution in [0.4, 0.5) is 13.2 Å². The molecule has 0 aliphatic carbocycles. The molecule has 0 spiro atoms. The third kappa shape index (κ3) is 5.48. The number of sulfonamides is 1. The fraction of sp³-hybridized carbons (Fsp3) is 0.176. The van der Waals surface area contributed by atoms with E-state index >= 15 is 0 Å². The van der Waals surface area contributed by atoms with Crippen LogP contribution in [-0.2, 0) is 10.0 Å². The second-order valence-corrected chi connectivity index (χ2v) is 7.99. The van der Waals surface area contributed by atoms with Crippen molar-refractivity contribution in [3.05, 3.63) is 59.4 Å². The maximum absolute atomic E-state index is 12.5. The van der Waals surface area contributed by atoms with E-state index in [1.807, 2.05) is 0 Å². The molecule has 0 fully saturated rings. The van der Waals surface area contributed by atoms with E-state index in [1.165, 1.54) is 36.4 Å². The molecule has 3 aromatic rings. The largest absolute Gasteiger partial charge is 0.573 e. The van der Waals surface area contributed by atoms with Crippen LogP contribution in [0.2, 0.25) is 5.02 Å². The molecule has 2 N–H and O–H groups in total. The average molecular weight is 464 g/mol. The summed E-state index contributed by atoms with van der Waals surface area (Å²) < 4.78 is 72.6. The molecule has 2 aromatic carbocycles. The maximum Gasteiger partial charge on any atom is 0.573 e. The molecule has 0 unspecified atom stereocenters. The number of hydrogen-bond donors (Lipinski definition) is 2. The minimum atomic E-state index is -4.82. The summed E-state index contributed by atoms with van der Waals surface area (Å²) in [5, 5.41) is 13.4. The van der Waals surface area contributed by atoms with E-state index in [4.69, 9.17) is 16.1 Å². The van der Waals surface area contributed by atoms with Crippen molar-refractivity contribution in [3.63, 3.8) is 0 Å². The zero-order chi connectivity index (χ0) is 21.9. The molecule has 0 aliphatic rings. The summed E-state index contributed by atoms with van der Waals surface area (Å²) in [7, 11) is -4.07. The molecule has 0 aliphatic heterocycles. The van der Waals surface area contributed by atoms with Crippen LogP contribution in [-0.4, -0.2) is 36.6 Å². The average Bonchev–Trinajstić information content (AvgIpc) is 3.15. The number of aromatic nitrogens is 2. The number of hydrogen-bond acceptors (Lipinski definition) is 7. The lowest BCUT2D eigenvalue weighted by molar-refractivity contribution is -0.274. The highest BCUT2D eigenvalue weighted by molar-refractivity contribution is 7.89. The van der Waals surface area contributed by atoms with Gasteiger partial charge in [-0.25, -0.2) is 8.42 Å². The zero-order valence-corrected chi connectivity index (χ0v) is 16.4. The van der Waals surface area contributed by atoms with Crippen LogP contribution in [0.3, 0.4) is 0 Å². The lowest BCUT2D eigenvalue weighted by Crippen LogP contribution is -2.31. The fourth-order valence-corrected chi connectivity index (χ4v) is 3.84. The highest BCUT2D eigenvalue weighted by atomic mass is 35.5. The summed E-state index contributed by atoms with van der Waals surface area (Å²) in [6.07, 6.45) is -4.82. The smallest absolute Gasteiger partial charge is 0.406 e. The maximum atomic E-state index is 12.5. The van der Waals surface area contributed by atoms with E-state index in [2.05, 4.69) is 19.6 Å². The Morgan fingerprint density at radius 1 is 1.20 bits per heavy atom. The monoisotopic (exact) mass is 463 g/mol. The predicted octanol–water partition coefficient (Wildman–Crippen LogP) is 3.30. The van der Waals surface area contributed by atoms with Gasteiger partial charge >= 0.3 is 6.36 Å². The Hall–Kier alpha value is -2.67. The molecule has 30 heavy (non-hydrogen) atoms. The molecule has 8 nitrogen and oxygen atoms in total. The number of ether oxygens (including phenoxy) is 1. The van der Waals surface area contributed by atoms with Gasteiger partial charge in [-0.15, -0.1) is 13.2 Å². The van der Waals surface area contributed by atoms with Gasteiger partial charge in [0.2, 0.25) is 21.7 Å². The van der Waals surface area contributed by atoms with Crippen molar-refractivity contribution in [2.24, 2.45) is 0 Å². The highest BCUT2D eigenvalue weighted by Gasteiger charge is 2.31. The summed E-state index contributed by atoms with van der Waals surface area (Å²) in [6.45, 7) is -0.695. The van der Waals surface area contributed by atoms with E-state index in [0.717, 1.165) is 12.1 Å². The number of alkyl halides is 3. The van der Waals surface area contributed by atoms with Gasteiger partial charge in [-0.3, -0.25) is 0 Å². The Morgan fingerprint density at radius 3 is 2.50 bits per heavy atom. The quantitative estimate of drug-likeness (QED) is 0.552. The Balaban J connectivity index is 1.78. The van der Waals surface area contributed by atoms with E-state index in [9.17, 15) is 26.7 Å². The first kappa shape index (κ1) is 22.0. The van der Waals surface area contributed by atoms with Gasteiger partial charge in [-0.2, -0.15) is 9.71 Å². The number of nitrogens with zero attached hydrogens (tertiary/aromatic N) is 2. The van der Waals surface area contributed by atoms with Crippen LogP contribution < -0.4 is 9.46 Å². The molecular weight excluding hydrogens is 451 g/mol. The zero-order valence-electron chi connectivity index (χ0n) is 14.8. The third-order valence-electron chi connectivity index (χ3n) is 3.67. The normalized spacial score (nSPS) is 13.2. The van der Waals surface area contributed by atoms with E-state index in [-0.39, 0.29) is 27.2 Å². The van der Waals surface area contributed by atoms with Gasteiger partial charge in [0.05, 0.1) is 11.5 Å². The first-order valence-corrected chi connectivity index (χ1v) is 10.0. The lowest BCUT2D eigenvalue weighted by atomic mass is 10.2. The second-order valence-electron chi connectivity index (χ2n) is 5.84. The molecule has 13 heteroatoms. The minimum absolute atomic E-state index is 0.0241. The number of rotatable bonds is 7. The van der Waals surface area contributed by atoms with Crippen LogP contribution in [0.1, 0.15) is 11.9 Å². The Labute approximate surface area is 173 Å². The summed E-state index contributed by atoms with van der Waals surface area (Å²) in [5.41, 5.74) is 0.286. The molecular formula is C17H13ClF3N3O5S.